The molecule has 1 aliphatic heterocycles. The number of phenols is 5. The minimum absolute atomic E-state index is 0.0673. The van der Waals surface area contributed by atoms with Crippen LogP contribution in [0.1, 0.15) is 11.1 Å². The molecular formula is C15H14O8. The van der Waals surface area contributed by atoms with E-state index in [4.69, 9.17) is 4.74 Å². The van der Waals surface area contributed by atoms with E-state index >= 15 is 0 Å². The number of fused-ring (bicyclic) bond motifs is 1. The first kappa shape index (κ1) is 15.1. The molecule has 0 fully saturated rings. The van der Waals surface area contributed by atoms with Crippen LogP contribution in [0, 0.1) is 0 Å². The van der Waals surface area contributed by atoms with Gasteiger partial charge in [0.25, 0.3) is 5.79 Å². The Hall–Kier alpha value is -2.84. The van der Waals surface area contributed by atoms with Gasteiger partial charge in [-0.3, -0.25) is 0 Å². The molecule has 2 atom stereocenters. The summed E-state index contributed by atoms with van der Waals surface area (Å²) in [6.07, 6.45) is -1.76. The van der Waals surface area contributed by atoms with Gasteiger partial charge in [-0.15, -0.1) is 0 Å². The lowest BCUT2D eigenvalue weighted by Crippen LogP contribution is -2.48. The molecule has 23 heavy (non-hydrogen) atoms. The zero-order valence-electron chi connectivity index (χ0n) is 11.6. The molecule has 1 aliphatic rings. The Morgan fingerprint density at radius 1 is 0.913 bits per heavy atom. The van der Waals surface area contributed by atoms with Crippen molar-refractivity contribution in [2.75, 3.05) is 0 Å². The number of hydrogen-bond donors (Lipinski definition) is 7. The van der Waals surface area contributed by atoms with Crippen LogP contribution in [0.15, 0.2) is 24.3 Å². The van der Waals surface area contributed by atoms with Crippen molar-refractivity contribution in [1.82, 2.24) is 0 Å². The Balaban J connectivity index is 2.12. The van der Waals surface area contributed by atoms with E-state index in [0.717, 1.165) is 24.3 Å². The fraction of sp³-hybridized carbons (Fsp3) is 0.200. The number of phenolic OH excluding ortho intramolecular Hbond substituents is 5. The molecule has 0 aliphatic carbocycles. The number of ether oxygens (including phenoxy) is 1. The molecule has 8 nitrogen and oxygen atoms in total. The number of aliphatic hydroxyl groups excluding tert-OH is 1. The topological polar surface area (TPSA) is 151 Å². The van der Waals surface area contributed by atoms with Gasteiger partial charge in [0.1, 0.15) is 23.4 Å². The molecule has 0 saturated heterocycles. The molecule has 2 aromatic rings. The van der Waals surface area contributed by atoms with Crippen LogP contribution in [0.2, 0.25) is 0 Å². The molecule has 0 radical (unpaired) electrons. The Kier molecular flexibility index (Phi) is 3.17. The predicted molar refractivity (Wildman–Crippen MR) is 75.4 cm³/mol. The highest BCUT2D eigenvalue weighted by Gasteiger charge is 2.46. The van der Waals surface area contributed by atoms with Crippen molar-refractivity contribution in [2.45, 2.75) is 18.3 Å². The van der Waals surface area contributed by atoms with Gasteiger partial charge in [-0.25, -0.2) is 0 Å². The third kappa shape index (κ3) is 2.24. The fourth-order valence-electron chi connectivity index (χ4n) is 2.54. The lowest BCUT2D eigenvalue weighted by Gasteiger charge is -2.38. The number of benzene rings is 2. The summed E-state index contributed by atoms with van der Waals surface area (Å²) in [6.45, 7) is 0. The average molecular weight is 322 g/mol. The maximum Gasteiger partial charge on any atom is 0.261 e. The molecule has 1 heterocycles. The van der Waals surface area contributed by atoms with Crippen LogP contribution in [0.3, 0.4) is 0 Å². The summed E-state index contributed by atoms with van der Waals surface area (Å²) in [6, 6.07) is 4.06. The SMILES string of the molecule is Oc1cc(O)c2c(c1)O[C@](O)(c1cc(O)c(O)c(O)c1)[C@H](O)C2. The molecule has 0 saturated carbocycles. The molecular weight excluding hydrogens is 308 g/mol. The van der Waals surface area contributed by atoms with Gasteiger partial charge in [-0.2, -0.15) is 0 Å². The number of aromatic hydroxyl groups is 5. The zero-order chi connectivity index (χ0) is 16.9. The van der Waals surface area contributed by atoms with Gasteiger partial charge in [0.05, 0.1) is 0 Å². The Morgan fingerprint density at radius 2 is 1.52 bits per heavy atom. The van der Waals surface area contributed by atoms with Gasteiger partial charge in [0.15, 0.2) is 17.2 Å². The van der Waals surface area contributed by atoms with Gasteiger partial charge in [0, 0.05) is 29.7 Å². The summed E-state index contributed by atoms with van der Waals surface area (Å²) in [5.41, 5.74) is -0.0292. The maximum atomic E-state index is 10.6. The largest absolute Gasteiger partial charge is 0.508 e. The Morgan fingerprint density at radius 3 is 2.13 bits per heavy atom. The second kappa shape index (κ2) is 4.83. The first-order chi connectivity index (χ1) is 10.7. The van der Waals surface area contributed by atoms with Gasteiger partial charge in [-0.05, 0) is 12.1 Å². The Bertz CT molecular complexity index is 764. The maximum absolute atomic E-state index is 10.6. The minimum Gasteiger partial charge on any atom is -0.508 e. The highest BCUT2D eigenvalue weighted by atomic mass is 16.6. The van der Waals surface area contributed by atoms with E-state index < -0.39 is 29.1 Å². The monoisotopic (exact) mass is 322 g/mol. The second-order valence-electron chi connectivity index (χ2n) is 5.32. The summed E-state index contributed by atoms with van der Waals surface area (Å²) < 4.78 is 5.31. The van der Waals surface area contributed by atoms with Crippen LogP contribution < -0.4 is 4.74 Å². The van der Waals surface area contributed by atoms with E-state index in [1.807, 2.05) is 0 Å². The molecule has 2 aromatic carbocycles. The van der Waals surface area contributed by atoms with Crippen molar-refractivity contribution in [3.8, 4) is 34.5 Å². The van der Waals surface area contributed by atoms with Crippen molar-refractivity contribution in [1.29, 1.82) is 0 Å². The third-order valence-electron chi connectivity index (χ3n) is 3.77. The van der Waals surface area contributed by atoms with Gasteiger partial charge in [0.2, 0.25) is 0 Å². The van der Waals surface area contributed by atoms with Crippen molar-refractivity contribution >= 4 is 0 Å². The highest BCUT2D eigenvalue weighted by Crippen LogP contribution is 2.46. The standard InChI is InChI=1S/C15H14O8/c16-7-3-9(17)8-5-13(20)15(22,23-12(8)4-7)6-1-10(18)14(21)11(19)2-6/h1-4,13,16-22H,5H2/t13-,15-/m1/s1. The first-order valence-corrected chi connectivity index (χ1v) is 6.62. The lowest BCUT2D eigenvalue weighted by molar-refractivity contribution is -0.222. The quantitative estimate of drug-likeness (QED) is 0.372. The van der Waals surface area contributed by atoms with Crippen LogP contribution in [-0.2, 0) is 12.2 Å². The van der Waals surface area contributed by atoms with Crippen LogP contribution in [-0.4, -0.2) is 41.8 Å². The smallest absolute Gasteiger partial charge is 0.261 e. The predicted octanol–water partition coefficient (Wildman–Crippen LogP) is 0.356. The summed E-state index contributed by atoms with van der Waals surface area (Å²) >= 11 is 0. The van der Waals surface area contributed by atoms with E-state index in [2.05, 4.69) is 0 Å². The molecule has 0 spiro atoms. The van der Waals surface area contributed by atoms with E-state index in [1.54, 1.807) is 0 Å². The van der Waals surface area contributed by atoms with E-state index in [0.29, 0.717) is 0 Å². The molecule has 122 valence electrons. The molecule has 0 aromatic heterocycles. The average Bonchev–Trinajstić information content (AvgIpc) is 2.46. The van der Waals surface area contributed by atoms with Crippen LogP contribution in [0.25, 0.3) is 0 Å². The summed E-state index contributed by atoms with van der Waals surface area (Å²) in [5, 5.41) is 68.6. The molecule has 3 rings (SSSR count). The van der Waals surface area contributed by atoms with E-state index in [-0.39, 0.29) is 34.8 Å². The number of hydrogen-bond acceptors (Lipinski definition) is 8. The van der Waals surface area contributed by atoms with Crippen LogP contribution in [0.5, 0.6) is 34.5 Å². The Labute approximate surface area is 129 Å². The molecule has 0 bridgehead atoms. The van der Waals surface area contributed by atoms with E-state index in [1.165, 1.54) is 0 Å². The summed E-state index contributed by atoms with van der Waals surface area (Å²) in [7, 11) is 0. The highest BCUT2D eigenvalue weighted by molar-refractivity contribution is 5.55. The van der Waals surface area contributed by atoms with Crippen LogP contribution >= 0.6 is 0 Å². The zero-order valence-corrected chi connectivity index (χ0v) is 11.6. The van der Waals surface area contributed by atoms with Crippen molar-refractivity contribution < 1.29 is 40.5 Å². The molecule has 7 N–H and O–H groups in total. The minimum atomic E-state index is -2.37. The van der Waals surface area contributed by atoms with Crippen molar-refractivity contribution in [3.63, 3.8) is 0 Å². The third-order valence-corrected chi connectivity index (χ3v) is 3.77. The lowest BCUT2D eigenvalue weighted by atomic mass is 9.90. The molecule has 8 heteroatoms. The van der Waals surface area contributed by atoms with Gasteiger partial charge in [-0.1, -0.05) is 0 Å². The van der Waals surface area contributed by atoms with Crippen molar-refractivity contribution in [3.05, 3.63) is 35.4 Å². The first-order valence-electron chi connectivity index (χ1n) is 6.62. The van der Waals surface area contributed by atoms with Crippen molar-refractivity contribution in [2.24, 2.45) is 0 Å². The van der Waals surface area contributed by atoms with E-state index in [9.17, 15) is 35.7 Å². The molecule has 0 amide bonds. The van der Waals surface area contributed by atoms with Crippen LogP contribution in [0.4, 0.5) is 0 Å². The number of rotatable bonds is 1. The van der Waals surface area contributed by atoms with Gasteiger partial charge >= 0.3 is 0 Å². The summed E-state index contributed by atoms with van der Waals surface area (Å²) in [4.78, 5) is 0. The fourth-order valence-corrected chi connectivity index (χ4v) is 2.54. The normalized spacial score (nSPS) is 23.1. The molecule has 0 unspecified atom stereocenters. The summed E-state index contributed by atoms with van der Waals surface area (Å²) in [5.74, 6) is -5.26. The second-order valence-corrected chi connectivity index (χ2v) is 5.32. The van der Waals surface area contributed by atoms with Gasteiger partial charge < -0.3 is 40.5 Å². The number of aliphatic hydroxyl groups is 2.